The number of hydrogen-bond acceptors (Lipinski definition) is 2. The van der Waals surface area contributed by atoms with Gasteiger partial charge in [-0.05, 0) is 49.8 Å². The third-order valence-corrected chi connectivity index (χ3v) is 3.59. The average molecular weight is 188 g/mol. The summed E-state index contributed by atoms with van der Waals surface area (Å²) in [5.74, 6) is 0.839. The van der Waals surface area contributed by atoms with Crippen LogP contribution in [0, 0.1) is 5.92 Å². The lowest BCUT2D eigenvalue weighted by atomic mass is 9.78. The number of pyridine rings is 1. The highest BCUT2D eigenvalue weighted by atomic mass is 15.0. The fourth-order valence-corrected chi connectivity index (χ4v) is 2.87. The van der Waals surface area contributed by atoms with E-state index in [4.69, 9.17) is 0 Å². The monoisotopic (exact) mass is 188 g/mol. The minimum atomic E-state index is 0.550. The summed E-state index contributed by atoms with van der Waals surface area (Å²) >= 11 is 0. The lowest BCUT2D eigenvalue weighted by Crippen LogP contribution is -2.37. The van der Waals surface area contributed by atoms with Gasteiger partial charge in [0.2, 0.25) is 0 Å². The molecule has 3 rings (SSSR count). The van der Waals surface area contributed by atoms with Crippen LogP contribution in [-0.4, -0.2) is 11.5 Å². The summed E-state index contributed by atoms with van der Waals surface area (Å²) in [5, 5.41) is 3.61. The van der Waals surface area contributed by atoms with Gasteiger partial charge < -0.3 is 5.32 Å². The molecule has 2 atom stereocenters. The number of nitrogens with one attached hydrogen (secondary N) is 1. The maximum absolute atomic E-state index is 4.54. The Hall–Kier alpha value is -0.890. The molecule has 1 aliphatic carbocycles. The molecule has 2 heterocycles. The number of fused-ring (bicyclic) bond motifs is 3. The van der Waals surface area contributed by atoms with Gasteiger partial charge >= 0.3 is 0 Å². The molecule has 1 fully saturated rings. The third kappa shape index (κ3) is 1.25. The van der Waals surface area contributed by atoms with Crippen molar-refractivity contribution < 1.29 is 0 Å². The van der Waals surface area contributed by atoms with E-state index in [2.05, 4.69) is 22.4 Å². The number of piperidine rings is 1. The van der Waals surface area contributed by atoms with E-state index in [1.54, 1.807) is 0 Å². The minimum absolute atomic E-state index is 0.550. The zero-order valence-corrected chi connectivity index (χ0v) is 8.37. The van der Waals surface area contributed by atoms with E-state index in [0.717, 1.165) is 12.5 Å². The van der Waals surface area contributed by atoms with Crippen molar-refractivity contribution in [1.29, 1.82) is 0 Å². The van der Waals surface area contributed by atoms with Crippen LogP contribution in [0.1, 0.15) is 36.6 Å². The third-order valence-electron chi connectivity index (χ3n) is 3.59. The Bertz CT molecular complexity index is 335. The molecule has 2 aliphatic rings. The Morgan fingerprint density at radius 1 is 1.36 bits per heavy atom. The van der Waals surface area contributed by atoms with Gasteiger partial charge in [0, 0.05) is 6.20 Å². The Labute approximate surface area is 84.7 Å². The van der Waals surface area contributed by atoms with Gasteiger partial charge in [0.1, 0.15) is 0 Å². The Morgan fingerprint density at radius 3 is 3.36 bits per heavy atom. The summed E-state index contributed by atoms with van der Waals surface area (Å²) < 4.78 is 0. The van der Waals surface area contributed by atoms with Crippen LogP contribution < -0.4 is 5.32 Å². The summed E-state index contributed by atoms with van der Waals surface area (Å²) in [4.78, 5) is 4.54. The summed E-state index contributed by atoms with van der Waals surface area (Å²) in [6.07, 6.45) is 7.22. The molecule has 2 heteroatoms. The molecular weight excluding hydrogens is 172 g/mol. The second-order valence-corrected chi connectivity index (χ2v) is 4.42. The summed E-state index contributed by atoms with van der Waals surface area (Å²) in [7, 11) is 0. The molecule has 0 radical (unpaired) electrons. The van der Waals surface area contributed by atoms with Crippen LogP contribution in [-0.2, 0) is 6.42 Å². The van der Waals surface area contributed by atoms with E-state index in [1.807, 2.05) is 6.20 Å². The highest BCUT2D eigenvalue weighted by Crippen LogP contribution is 2.37. The molecule has 0 saturated carbocycles. The number of aryl methyl sites for hydroxylation is 1. The van der Waals surface area contributed by atoms with Crippen molar-refractivity contribution in [1.82, 2.24) is 10.3 Å². The SMILES string of the molecule is c1cnc2c(c1)CC[C@H]1CCCN[C@H]21. The van der Waals surface area contributed by atoms with Gasteiger partial charge in [-0.2, -0.15) is 0 Å². The minimum Gasteiger partial charge on any atom is -0.308 e. The number of hydrogen-bond donors (Lipinski definition) is 1. The molecule has 0 spiro atoms. The van der Waals surface area contributed by atoms with Crippen molar-refractivity contribution in [2.24, 2.45) is 5.92 Å². The summed E-state index contributed by atoms with van der Waals surface area (Å²) in [6, 6.07) is 4.84. The maximum atomic E-state index is 4.54. The Morgan fingerprint density at radius 2 is 2.36 bits per heavy atom. The van der Waals surface area contributed by atoms with Crippen LogP contribution in [0.4, 0.5) is 0 Å². The van der Waals surface area contributed by atoms with Gasteiger partial charge in [-0.15, -0.1) is 0 Å². The van der Waals surface area contributed by atoms with Gasteiger partial charge in [-0.3, -0.25) is 4.98 Å². The second-order valence-electron chi connectivity index (χ2n) is 4.42. The van der Waals surface area contributed by atoms with Crippen LogP contribution in [0.5, 0.6) is 0 Å². The van der Waals surface area contributed by atoms with Gasteiger partial charge in [0.05, 0.1) is 11.7 Å². The Balaban J connectivity index is 1.99. The second kappa shape index (κ2) is 3.35. The van der Waals surface area contributed by atoms with Gasteiger partial charge in [0.15, 0.2) is 0 Å². The fraction of sp³-hybridized carbons (Fsp3) is 0.583. The topological polar surface area (TPSA) is 24.9 Å². The van der Waals surface area contributed by atoms with Crippen LogP contribution in [0.15, 0.2) is 18.3 Å². The number of aromatic nitrogens is 1. The fourth-order valence-electron chi connectivity index (χ4n) is 2.87. The van der Waals surface area contributed by atoms with Crippen molar-refractivity contribution in [3.63, 3.8) is 0 Å². The first-order valence-corrected chi connectivity index (χ1v) is 5.62. The van der Waals surface area contributed by atoms with Crippen molar-refractivity contribution >= 4 is 0 Å². The van der Waals surface area contributed by atoms with Crippen molar-refractivity contribution in [2.75, 3.05) is 6.54 Å². The molecule has 1 saturated heterocycles. The van der Waals surface area contributed by atoms with E-state index in [-0.39, 0.29) is 0 Å². The van der Waals surface area contributed by atoms with Crippen molar-refractivity contribution in [2.45, 2.75) is 31.7 Å². The first-order chi connectivity index (χ1) is 6.95. The van der Waals surface area contributed by atoms with E-state index in [0.29, 0.717) is 6.04 Å². The normalized spacial score (nSPS) is 30.6. The summed E-state index contributed by atoms with van der Waals surface area (Å²) in [6.45, 7) is 1.16. The highest BCUT2D eigenvalue weighted by Gasteiger charge is 2.31. The molecule has 0 aromatic carbocycles. The zero-order valence-electron chi connectivity index (χ0n) is 8.37. The maximum Gasteiger partial charge on any atom is 0.0607 e. The molecule has 14 heavy (non-hydrogen) atoms. The van der Waals surface area contributed by atoms with E-state index >= 15 is 0 Å². The van der Waals surface area contributed by atoms with Crippen LogP contribution in [0.3, 0.4) is 0 Å². The van der Waals surface area contributed by atoms with Crippen LogP contribution in [0.25, 0.3) is 0 Å². The summed E-state index contributed by atoms with van der Waals surface area (Å²) in [5.41, 5.74) is 2.78. The molecule has 74 valence electrons. The molecule has 2 nitrogen and oxygen atoms in total. The average Bonchev–Trinajstić information content (AvgIpc) is 2.29. The first kappa shape index (κ1) is 8.42. The smallest absolute Gasteiger partial charge is 0.0607 e. The predicted molar refractivity (Wildman–Crippen MR) is 56.0 cm³/mol. The van der Waals surface area contributed by atoms with Crippen molar-refractivity contribution in [3.05, 3.63) is 29.6 Å². The number of nitrogens with zero attached hydrogens (tertiary/aromatic N) is 1. The lowest BCUT2D eigenvalue weighted by Gasteiger charge is -2.36. The van der Waals surface area contributed by atoms with Gasteiger partial charge in [-0.25, -0.2) is 0 Å². The molecule has 1 aliphatic heterocycles. The quantitative estimate of drug-likeness (QED) is 0.674. The Kier molecular flexibility index (Phi) is 2.02. The van der Waals surface area contributed by atoms with E-state index in [1.165, 1.54) is 36.9 Å². The molecule has 1 aromatic rings. The van der Waals surface area contributed by atoms with Crippen LogP contribution >= 0.6 is 0 Å². The molecule has 0 bridgehead atoms. The van der Waals surface area contributed by atoms with Crippen molar-refractivity contribution in [3.8, 4) is 0 Å². The number of rotatable bonds is 0. The molecule has 0 unspecified atom stereocenters. The van der Waals surface area contributed by atoms with Gasteiger partial charge in [0.25, 0.3) is 0 Å². The van der Waals surface area contributed by atoms with E-state index < -0.39 is 0 Å². The first-order valence-electron chi connectivity index (χ1n) is 5.62. The predicted octanol–water partition coefficient (Wildman–Crippen LogP) is 2.07. The molecule has 0 amide bonds. The molecular formula is C12H16N2. The molecule has 1 aromatic heterocycles. The highest BCUT2D eigenvalue weighted by molar-refractivity contribution is 5.26. The zero-order chi connectivity index (χ0) is 9.38. The molecule has 1 N–H and O–H groups in total. The lowest BCUT2D eigenvalue weighted by molar-refractivity contribution is 0.249. The van der Waals surface area contributed by atoms with Gasteiger partial charge in [-0.1, -0.05) is 6.07 Å². The van der Waals surface area contributed by atoms with Crippen LogP contribution in [0.2, 0.25) is 0 Å². The van der Waals surface area contributed by atoms with E-state index in [9.17, 15) is 0 Å². The standard InChI is InChI=1S/C12H16N2/c1-3-9-5-6-10-4-2-8-14-12(10)11(9)13-7-1/h1,3,7,10,12,14H,2,4-6,8H2/t10-,12+/m1/s1. The largest absolute Gasteiger partial charge is 0.308 e.